The number of aliphatic carboxylic acids is 4. The topological polar surface area (TPSA) is 286 Å². The second-order valence-corrected chi connectivity index (χ2v) is 7.30. The van der Waals surface area contributed by atoms with E-state index in [1.807, 2.05) is 0 Å². The standard InChI is InChI=1S/4C5H3F3O4.Ti/c4*6-5(7,8)3(10)1-2(9)4(11)12;/h4*1H2,(H,11,12);. The van der Waals surface area contributed by atoms with Crippen molar-refractivity contribution >= 4 is 70.1 Å². The minimum Gasteiger partial charge on any atom is -0.475 e. The van der Waals surface area contributed by atoms with Gasteiger partial charge in [-0.15, -0.1) is 0 Å². The predicted molar refractivity (Wildman–Crippen MR) is 113 cm³/mol. The Morgan fingerprint density at radius 2 is 0.408 bits per heavy atom. The van der Waals surface area contributed by atoms with Crippen LogP contribution in [0.25, 0.3) is 0 Å². The molecule has 0 amide bonds. The fourth-order valence-corrected chi connectivity index (χ4v) is 1.29. The molecule has 49 heavy (non-hydrogen) atoms. The van der Waals surface area contributed by atoms with E-state index in [1.165, 1.54) is 0 Å². The molecule has 0 aromatic carbocycles. The van der Waals surface area contributed by atoms with E-state index in [0.29, 0.717) is 0 Å². The van der Waals surface area contributed by atoms with Crippen LogP contribution in [0, 0.1) is 0 Å². The monoisotopic (exact) mass is 784 g/mol. The van der Waals surface area contributed by atoms with Crippen molar-refractivity contribution in [2.45, 2.75) is 50.4 Å². The van der Waals surface area contributed by atoms with Crippen LogP contribution in [0.1, 0.15) is 25.7 Å². The van der Waals surface area contributed by atoms with Crippen LogP contribution < -0.4 is 0 Å². The zero-order valence-corrected chi connectivity index (χ0v) is 24.1. The van der Waals surface area contributed by atoms with E-state index < -0.39 is 121 Å². The summed E-state index contributed by atoms with van der Waals surface area (Å²) in [6.45, 7) is 0. The van der Waals surface area contributed by atoms with Crippen LogP contribution in [0.4, 0.5) is 52.7 Å². The molecular weight excluding hydrogens is 772 g/mol. The van der Waals surface area contributed by atoms with Gasteiger partial charge in [-0.1, -0.05) is 0 Å². The third kappa shape index (κ3) is 27.9. The molecule has 0 radical (unpaired) electrons. The number of carbonyl (C=O) groups is 12. The number of carbonyl (C=O) groups excluding carboxylic acids is 8. The Hall–Kier alpha value is -4.89. The first-order chi connectivity index (χ1) is 21.0. The van der Waals surface area contributed by atoms with Crippen LogP contribution in [0.15, 0.2) is 0 Å². The van der Waals surface area contributed by atoms with E-state index in [4.69, 9.17) is 20.4 Å². The molecule has 0 saturated heterocycles. The number of carboxylic acids is 4. The summed E-state index contributed by atoms with van der Waals surface area (Å²) in [6.07, 6.45) is -27.2. The molecule has 0 aromatic heterocycles. The quantitative estimate of drug-likeness (QED) is 0.0914. The molecule has 16 nitrogen and oxygen atoms in total. The summed E-state index contributed by atoms with van der Waals surface area (Å²) in [5.41, 5.74) is 0. The van der Waals surface area contributed by atoms with Gasteiger partial charge in [-0.3, -0.25) is 38.4 Å². The molecule has 4 N–H and O–H groups in total. The van der Waals surface area contributed by atoms with Gasteiger partial charge in [0.1, 0.15) is 0 Å². The van der Waals surface area contributed by atoms with Gasteiger partial charge in [-0.2, -0.15) is 52.7 Å². The fraction of sp³-hybridized carbons (Fsp3) is 0.400. The van der Waals surface area contributed by atoms with E-state index in [-0.39, 0.29) is 21.7 Å². The second kappa shape index (κ2) is 21.9. The SMILES string of the molecule is O=C(O)C(=O)CC(=O)C(F)(F)F.O=C(O)C(=O)CC(=O)C(F)(F)F.O=C(O)C(=O)CC(=O)C(F)(F)F.O=C(O)C(=O)CC(=O)C(F)(F)F.[Ti]. The maximum Gasteiger partial charge on any atom is 0.450 e. The summed E-state index contributed by atoms with van der Waals surface area (Å²) in [7, 11) is 0. The van der Waals surface area contributed by atoms with E-state index in [9.17, 15) is 110 Å². The van der Waals surface area contributed by atoms with Crippen molar-refractivity contribution < 1.29 is 152 Å². The molecule has 0 spiro atoms. The third-order valence-electron chi connectivity index (χ3n) is 3.50. The molecule has 0 aliphatic heterocycles. The molecule has 0 atom stereocenters. The number of rotatable bonds is 12. The van der Waals surface area contributed by atoms with Gasteiger partial charge >= 0.3 is 48.6 Å². The van der Waals surface area contributed by atoms with Crippen molar-refractivity contribution in [3.05, 3.63) is 0 Å². The Labute approximate surface area is 273 Å². The molecular formula is C20H12F12O16Ti. The summed E-state index contributed by atoms with van der Waals surface area (Å²) in [5, 5.41) is 31.3. The van der Waals surface area contributed by atoms with Crippen molar-refractivity contribution in [2.75, 3.05) is 0 Å². The summed E-state index contributed by atoms with van der Waals surface area (Å²) in [5.74, 6) is -24.7. The number of hydrogen-bond acceptors (Lipinski definition) is 12. The maximum absolute atomic E-state index is 11.4. The van der Waals surface area contributed by atoms with Crippen molar-refractivity contribution in [3.63, 3.8) is 0 Å². The number of halogens is 12. The third-order valence-corrected chi connectivity index (χ3v) is 3.50. The summed E-state index contributed by atoms with van der Waals surface area (Å²) in [4.78, 5) is 119. The van der Waals surface area contributed by atoms with Gasteiger partial charge in [0.15, 0.2) is 0 Å². The smallest absolute Gasteiger partial charge is 0.450 e. The first-order valence-electron chi connectivity index (χ1n) is 10.4. The fourth-order valence-electron chi connectivity index (χ4n) is 1.29. The van der Waals surface area contributed by atoms with Gasteiger partial charge in [0.05, 0.1) is 25.7 Å². The molecule has 276 valence electrons. The molecule has 0 bridgehead atoms. The summed E-state index contributed by atoms with van der Waals surface area (Å²) in [6, 6.07) is 0. The first kappa shape index (κ1) is 53.6. The zero-order chi connectivity index (χ0) is 39.8. The van der Waals surface area contributed by atoms with Crippen LogP contribution in [0.5, 0.6) is 0 Å². The Morgan fingerprint density at radius 3 is 0.469 bits per heavy atom. The zero-order valence-electron chi connectivity index (χ0n) is 22.6. The van der Waals surface area contributed by atoms with Gasteiger partial charge in [0.25, 0.3) is 0 Å². The molecule has 0 unspecified atom stereocenters. The number of Topliss-reactive ketones (excluding diaryl/α,β-unsaturated/α-hetero) is 8. The van der Waals surface area contributed by atoms with Gasteiger partial charge < -0.3 is 20.4 Å². The Bertz CT molecular complexity index is 1120. The Balaban J connectivity index is -0.000000174. The average molecular weight is 784 g/mol. The maximum atomic E-state index is 11.4. The van der Waals surface area contributed by atoms with Crippen LogP contribution >= 0.6 is 0 Å². The molecule has 0 rings (SSSR count). The van der Waals surface area contributed by atoms with Crippen molar-refractivity contribution in [3.8, 4) is 0 Å². The first-order valence-corrected chi connectivity index (χ1v) is 10.4. The minimum absolute atomic E-state index is 0. The average Bonchev–Trinajstić information content (AvgIpc) is 2.87. The molecule has 0 aliphatic rings. The second-order valence-electron chi connectivity index (χ2n) is 7.30. The number of alkyl halides is 12. The van der Waals surface area contributed by atoms with Crippen molar-refractivity contribution in [1.29, 1.82) is 0 Å². The number of hydrogen-bond donors (Lipinski definition) is 4. The molecule has 0 saturated carbocycles. The van der Waals surface area contributed by atoms with Gasteiger partial charge in [-0.25, -0.2) is 19.2 Å². The van der Waals surface area contributed by atoms with Gasteiger partial charge in [-0.05, 0) is 0 Å². The molecule has 0 aliphatic carbocycles. The van der Waals surface area contributed by atoms with Crippen LogP contribution in [0.2, 0.25) is 0 Å². The Morgan fingerprint density at radius 1 is 0.306 bits per heavy atom. The Kier molecular flexibility index (Phi) is 23.9. The normalized spacial score (nSPS) is 10.7. The van der Waals surface area contributed by atoms with Gasteiger partial charge in [0, 0.05) is 21.7 Å². The molecule has 0 heterocycles. The molecule has 29 heteroatoms. The summed E-state index contributed by atoms with van der Waals surface area (Å²) >= 11 is 0. The number of carboxylic acid groups (broad SMARTS) is 4. The van der Waals surface area contributed by atoms with E-state index in [0.717, 1.165) is 0 Å². The van der Waals surface area contributed by atoms with Gasteiger partial charge in [0.2, 0.25) is 46.3 Å². The van der Waals surface area contributed by atoms with E-state index in [2.05, 4.69) is 0 Å². The number of ketones is 8. The minimum atomic E-state index is -5.15. The molecule has 0 fully saturated rings. The predicted octanol–water partition coefficient (Wildman–Crippen LogP) is 0.644. The van der Waals surface area contributed by atoms with Crippen LogP contribution in [0.3, 0.4) is 0 Å². The van der Waals surface area contributed by atoms with E-state index >= 15 is 0 Å². The van der Waals surface area contributed by atoms with E-state index in [1.54, 1.807) is 0 Å². The largest absolute Gasteiger partial charge is 0.475 e. The molecule has 0 aromatic rings. The van der Waals surface area contributed by atoms with Crippen molar-refractivity contribution in [1.82, 2.24) is 0 Å². The van der Waals surface area contributed by atoms with Crippen LogP contribution in [-0.4, -0.2) is 115 Å². The van der Waals surface area contributed by atoms with Crippen molar-refractivity contribution in [2.24, 2.45) is 0 Å². The summed E-state index contributed by atoms with van der Waals surface area (Å²) < 4.78 is 137. The van der Waals surface area contributed by atoms with Crippen LogP contribution in [-0.2, 0) is 79.3 Å².